The molecule has 1 aliphatic rings. The van der Waals surface area contributed by atoms with E-state index in [1.54, 1.807) is 6.33 Å². The van der Waals surface area contributed by atoms with Gasteiger partial charge in [-0.1, -0.05) is 54.6 Å². The molecule has 0 radical (unpaired) electrons. The average molecular weight is 340 g/mol. The first-order valence-corrected chi connectivity index (χ1v) is 9.02. The minimum absolute atomic E-state index is 0.137. The van der Waals surface area contributed by atoms with E-state index in [-0.39, 0.29) is 5.54 Å². The molecule has 2 N–H and O–H groups in total. The van der Waals surface area contributed by atoms with Crippen LogP contribution in [0.5, 0.6) is 0 Å². The van der Waals surface area contributed by atoms with Crippen molar-refractivity contribution in [2.24, 2.45) is 5.73 Å². The number of fused-ring (bicyclic) bond motifs is 1. The maximum Gasteiger partial charge on any atom is 0.163 e. The van der Waals surface area contributed by atoms with Crippen molar-refractivity contribution in [1.82, 2.24) is 14.6 Å². The van der Waals surface area contributed by atoms with Gasteiger partial charge in [0.15, 0.2) is 5.65 Å². The Bertz CT molecular complexity index is 1060. The molecule has 0 atom stereocenters. The van der Waals surface area contributed by atoms with Crippen LogP contribution in [0.3, 0.4) is 0 Å². The van der Waals surface area contributed by atoms with Crippen LogP contribution in [0.4, 0.5) is 0 Å². The highest BCUT2D eigenvalue weighted by atomic mass is 15.3. The van der Waals surface area contributed by atoms with Gasteiger partial charge in [0, 0.05) is 17.3 Å². The number of aromatic nitrogens is 3. The van der Waals surface area contributed by atoms with Gasteiger partial charge < -0.3 is 5.73 Å². The van der Waals surface area contributed by atoms with Crippen molar-refractivity contribution in [2.45, 2.75) is 24.8 Å². The van der Waals surface area contributed by atoms with Crippen LogP contribution in [0.15, 0.2) is 73.2 Å². The molecule has 0 amide bonds. The molecule has 5 rings (SSSR count). The molecule has 1 aliphatic carbocycles. The van der Waals surface area contributed by atoms with E-state index in [1.807, 2.05) is 16.8 Å². The normalized spacial score (nSPS) is 15.7. The molecule has 1 fully saturated rings. The smallest absolute Gasteiger partial charge is 0.163 e. The van der Waals surface area contributed by atoms with Gasteiger partial charge in [-0.25, -0.2) is 9.50 Å². The highest BCUT2D eigenvalue weighted by Gasteiger charge is 2.34. The molecule has 0 unspecified atom stereocenters. The Labute approximate surface area is 152 Å². The summed E-state index contributed by atoms with van der Waals surface area (Å²) in [5.74, 6) is 0. The number of nitrogens with two attached hydrogens (primary N) is 1. The Morgan fingerprint density at radius 2 is 1.65 bits per heavy atom. The standard InChI is InChI=1S/C22H20N4/c23-22(12-4-13-22)18-9-7-17(8-10-18)20-19(16-5-2-1-3-6-16)11-14-26-21(20)24-15-25-26/h1-3,5-11,14-15H,4,12-13,23H2. The fourth-order valence-electron chi connectivity index (χ4n) is 3.85. The van der Waals surface area contributed by atoms with Crippen LogP contribution in [0.1, 0.15) is 24.8 Å². The zero-order valence-electron chi connectivity index (χ0n) is 14.5. The molecule has 0 spiro atoms. The summed E-state index contributed by atoms with van der Waals surface area (Å²) in [5, 5.41) is 4.30. The Morgan fingerprint density at radius 3 is 2.35 bits per heavy atom. The number of rotatable bonds is 3. The minimum Gasteiger partial charge on any atom is -0.321 e. The molecule has 0 bridgehead atoms. The second-order valence-corrected chi connectivity index (χ2v) is 7.09. The van der Waals surface area contributed by atoms with Crippen molar-refractivity contribution in [3.63, 3.8) is 0 Å². The number of hydrogen-bond donors (Lipinski definition) is 1. The van der Waals surface area contributed by atoms with E-state index in [0.717, 1.165) is 35.2 Å². The molecule has 0 aliphatic heterocycles. The van der Waals surface area contributed by atoms with Gasteiger partial charge in [0.05, 0.1) is 0 Å². The monoisotopic (exact) mass is 340 g/mol. The van der Waals surface area contributed by atoms with Crippen LogP contribution >= 0.6 is 0 Å². The van der Waals surface area contributed by atoms with Crippen molar-refractivity contribution in [3.05, 3.63) is 78.8 Å². The molecule has 26 heavy (non-hydrogen) atoms. The molecule has 2 aromatic heterocycles. The maximum atomic E-state index is 6.48. The third kappa shape index (κ3) is 2.34. The third-order valence-electron chi connectivity index (χ3n) is 5.53. The Morgan fingerprint density at radius 1 is 0.885 bits per heavy atom. The molecule has 4 heteroatoms. The molecule has 4 nitrogen and oxygen atoms in total. The predicted molar refractivity (Wildman–Crippen MR) is 104 cm³/mol. The Balaban J connectivity index is 1.69. The third-order valence-corrected chi connectivity index (χ3v) is 5.53. The zero-order valence-corrected chi connectivity index (χ0v) is 14.5. The van der Waals surface area contributed by atoms with E-state index < -0.39 is 0 Å². The lowest BCUT2D eigenvalue weighted by Crippen LogP contribution is -2.43. The van der Waals surface area contributed by atoms with Gasteiger partial charge in [-0.05, 0) is 47.6 Å². The van der Waals surface area contributed by atoms with Crippen molar-refractivity contribution in [1.29, 1.82) is 0 Å². The Hall–Kier alpha value is -2.98. The maximum absolute atomic E-state index is 6.48. The van der Waals surface area contributed by atoms with Gasteiger partial charge in [0.1, 0.15) is 6.33 Å². The van der Waals surface area contributed by atoms with Gasteiger partial charge in [-0.2, -0.15) is 5.10 Å². The van der Waals surface area contributed by atoms with E-state index in [9.17, 15) is 0 Å². The highest BCUT2D eigenvalue weighted by molar-refractivity contribution is 5.91. The largest absolute Gasteiger partial charge is 0.321 e. The summed E-state index contributed by atoms with van der Waals surface area (Å²) in [6.07, 6.45) is 6.93. The summed E-state index contributed by atoms with van der Waals surface area (Å²) in [6.45, 7) is 0. The summed E-state index contributed by atoms with van der Waals surface area (Å²) >= 11 is 0. The van der Waals surface area contributed by atoms with E-state index in [2.05, 4.69) is 64.7 Å². The van der Waals surface area contributed by atoms with Crippen LogP contribution in [0.25, 0.3) is 27.9 Å². The summed E-state index contributed by atoms with van der Waals surface area (Å²) < 4.78 is 1.83. The van der Waals surface area contributed by atoms with Crippen LogP contribution < -0.4 is 5.73 Å². The first kappa shape index (κ1) is 15.3. The fourth-order valence-corrected chi connectivity index (χ4v) is 3.85. The number of hydrogen-bond acceptors (Lipinski definition) is 3. The molecular weight excluding hydrogens is 320 g/mol. The van der Waals surface area contributed by atoms with Crippen molar-refractivity contribution in [3.8, 4) is 22.3 Å². The van der Waals surface area contributed by atoms with Crippen molar-refractivity contribution >= 4 is 5.65 Å². The number of nitrogens with zero attached hydrogens (tertiary/aromatic N) is 3. The lowest BCUT2D eigenvalue weighted by Gasteiger charge is -2.38. The van der Waals surface area contributed by atoms with Gasteiger partial charge >= 0.3 is 0 Å². The molecule has 128 valence electrons. The van der Waals surface area contributed by atoms with E-state index in [0.29, 0.717) is 0 Å². The SMILES string of the molecule is NC1(c2ccc(-c3c(-c4ccccc4)ccn4ncnc34)cc2)CCC1. The van der Waals surface area contributed by atoms with Gasteiger partial charge in [-0.15, -0.1) is 0 Å². The molecule has 1 saturated carbocycles. The number of pyridine rings is 1. The van der Waals surface area contributed by atoms with E-state index in [4.69, 9.17) is 5.73 Å². The lowest BCUT2D eigenvalue weighted by atomic mass is 9.72. The minimum atomic E-state index is -0.137. The highest BCUT2D eigenvalue weighted by Crippen LogP contribution is 2.40. The number of benzene rings is 2. The van der Waals surface area contributed by atoms with Crippen molar-refractivity contribution < 1.29 is 0 Å². The molecule has 2 heterocycles. The summed E-state index contributed by atoms with van der Waals surface area (Å²) in [5.41, 5.74) is 13.0. The van der Waals surface area contributed by atoms with Crippen molar-refractivity contribution in [2.75, 3.05) is 0 Å². The molecule has 0 saturated heterocycles. The van der Waals surface area contributed by atoms with Gasteiger partial charge in [-0.3, -0.25) is 0 Å². The van der Waals surface area contributed by atoms with Crippen LogP contribution in [-0.2, 0) is 5.54 Å². The molecular formula is C22H20N4. The van der Waals surface area contributed by atoms with E-state index >= 15 is 0 Å². The van der Waals surface area contributed by atoms with Crippen LogP contribution in [0, 0.1) is 0 Å². The van der Waals surface area contributed by atoms with Crippen LogP contribution in [0.2, 0.25) is 0 Å². The first-order chi connectivity index (χ1) is 12.7. The predicted octanol–water partition coefficient (Wildman–Crippen LogP) is 4.40. The van der Waals surface area contributed by atoms with Gasteiger partial charge in [0.2, 0.25) is 0 Å². The summed E-state index contributed by atoms with van der Waals surface area (Å²) in [6, 6.07) is 21.2. The second kappa shape index (κ2) is 5.78. The second-order valence-electron chi connectivity index (χ2n) is 7.09. The zero-order chi connectivity index (χ0) is 17.6. The summed E-state index contributed by atoms with van der Waals surface area (Å²) in [7, 11) is 0. The quantitative estimate of drug-likeness (QED) is 0.601. The Kier molecular flexibility index (Phi) is 3.40. The van der Waals surface area contributed by atoms with Crippen LogP contribution in [-0.4, -0.2) is 14.6 Å². The first-order valence-electron chi connectivity index (χ1n) is 9.02. The lowest BCUT2D eigenvalue weighted by molar-refractivity contribution is 0.253. The fraction of sp³-hybridized carbons (Fsp3) is 0.182. The average Bonchev–Trinajstić information content (AvgIpc) is 3.15. The van der Waals surface area contributed by atoms with E-state index in [1.165, 1.54) is 17.5 Å². The van der Waals surface area contributed by atoms with Gasteiger partial charge in [0.25, 0.3) is 0 Å². The molecule has 4 aromatic rings. The summed E-state index contributed by atoms with van der Waals surface area (Å²) in [4.78, 5) is 4.51. The molecule has 2 aromatic carbocycles. The topological polar surface area (TPSA) is 56.2 Å².